The molecule has 0 aliphatic carbocycles. The van der Waals surface area contributed by atoms with Crippen LogP contribution in [0.4, 0.5) is 13.2 Å². The summed E-state index contributed by atoms with van der Waals surface area (Å²) in [6, 6.07) is 0.775. The summed E-state index contributed by atoms with van der Waals surface area (Å²) < 4.78 is 36.1. The molecule has 0 bridgehead atoms. The van der Waals surface area contributed by atoms with Gasteiger partial charge in [-0.1, -0.05) is 0 Å². The summed E-state index contributed by atoms with van der Waals surface area (Å²) in [5.74, 6) is -5.40. The number of hydrogen-bond donors (Lipinski definition) is 0. The van der Waals surface area contributed by atoms with E-state index in [0.29, 0.717) is 12.1 Å². The third-order valence-electron chi connectivity index (χ3n) is 0.957. The standard InChI is InChI=1S/C6H2F3O/c7-4-1-3(10)2-5(8)6(4)9/h1-2H. The van der Waals surface area contributed by atoms with E-state index in [1.54, 1.807) is 0 Å². The topological polar surface area (TPSA) is 19.9 Å². The predicted octanol–water partition coefficient (Wildman–Crippen LogP) is 2.25. The second-order valence-electron chi connectivity index (χ2n) is 1.70. The molecule has 0 heterocycles. The van der Waals surface area contributed by atoms with Gasteiger partial charge in [-0.05, 0) is 0 Å². The first-order valence-corrected chi connectivity index (χ1v) is 2.43. The molecule has 0 saturated heterocycles. The van der Waals surface area contributed by atoms with E-state index in [-0.39, 0.29) is 0 Å². The number of benzene rings is 1. The van der Waals surface area contributed by atoms with Crippen LogP contribution in [-0.2, 0) is 5.11 Å². The van der Waals surface area contributed by atoms with Crippen LogP contribution in [0.2, 0.25) is 0 Å². The van der Waals surface area contributed by atoms with Crippen LogP contribution < -0.4 is 0 Å². The van der Waals surface area contributed by atoms with Gasteiger partial charge in [-0.25, -0.2) is 13.2 Å². The Labute approximate surface area is 54.7 Å². The Bertz CT molecular complexity index is 236. The second kappa shape index (κ2) is 2.21. The van der Waals surface area contributed by atoms with E-state index in [1.807, 2.05) is 0 Å². The van der Waals surface area contributed by atoms with E-state index in [1.165, 1.54) is 0 Å². The van der Waals surface area contributed by atoms with Gasteiger partial charge in [0.05, 0.1) is 0 Å². The SMILES string of the molecule is [O]c1cc(F)c(F)c(F)c1. The highest BCUT2D eigenvalue weighted by molar-refractivity contribution is 5.22. The van der Waals surface area contributed by atoms with Crippen LogP contribution in [0, 0.1) is 17.5 Å². The van der Waals surface area contributed by atoms with Crippen molar-refractivity contribution >= 4 is 0 Å². The third-order valence-corrected chi connectivity index (χ3v) is 0.957. The molecule has 1 rings (SSSR count). The molecule has 4 heteroatoms. The summed E-state index contributed by atoms with van der Waals surface area (Å²) in [5.41, 5.74) is 0. The van der Waals surface area contributed by atoms with Crippen LogP contribution in [0.1, 0.15) is 0 Å². The molecule has 0 amide bonds. The van der Waals surface area contributed by atoms with Gasteiger partial charge in [0.25, 0.3) is 0 Å². The van der Waals surface area contributed by atoms with E-state index in [4.69, 9.17) is 0 Å². The van der Waals surface area contributed by atoms with Gasteiger partial charge in [0.2, 0.25) is 0 Å². The minimum absolute atomic E-state index is 0.387. The molecule has 1 aromatic rings. The van der Waals surface area contributed by atoms with Crippen molar-refractivity contribution in [3.05, 3.63) is 29.6 Å². The lowest BCUT2D eigenvalue weighted by Gasteiger charge is -1.92. The Morgan fingerprint density at radius 2 is 1.40 bits per heavy atom. The highest BCUT2D eigenvalue weighted by Crippen LogP contribution is 2.17. The zero-order chi connectivity index (χ0) is 7.72. The normalized spacial score (nSPS) is 9.90. The maximum atomic E-state index is 12.0. The molecule has 10 heavy (non-hydrogen) atoms. The van der Waals surface area contributed by atoms with Crippen LogP contribution in [0.25, 0.3) is 0 Å². The first-order chi connectivity index (χ1) is 4.61. The van der Waals surface area contributed by atoms with Crippen molar-refractivity contribution < 1.29 is 18.3 Å². The van der Waals surface area contributed by atoms with Crippen LogP contribution in [-0.4, -0.2) is 0 Å². The number of halogens is 3. The monoisotopic (exact) mass is 147 g/mol. The van der Waals surface area contributed by atoms with E-state index < -0.39 is 23.2 Å². The molecule has 0 saturated carbocycles. The van der Waals surface area contributed by atoms with Crippen molar-refractivity contribution in [1.82, 2.24) is 0 Å². The Balaban J connectivity index is 3.31. The summed E-state index contributed by atoms with van der Waals surface area (Å²) in [6.45, 7) is 0. The van der Waals surface area contributed by atoms with E-state index in [9.17, 15) is 18.3 Å². The molecule has 0 unspecified atom stereocenters. The Hall–Kier alpha value is -1.19. The average molecular weight is 147 g/mol. The van der Waals surface area contributed by atoms with Crippen LogP contribution in [0.5, 0.6) is 5.75 Å². The van der Waals surface area contributed by atoms with Gasteiger partial charge < -0.3 is 0 Å². The van der Waals surface area contributed by atoms with Crippen LogP contribution in [0.15, 0.2) is 12.1 Å². The summed E-state index contributed by atoms with van der Waals surface area (Å²) in [6.07, 6.45) is 0. The van der Waals surface area contributed by atoms with Crippen molar-refractivity contribution in [2.45, 2.75) is 0 Å². The fraction of sp³-hybridized carbons (Fsp3) is 0. The molecular weight excluding hydrogens is 145 g/mol. The largest absolute Gasteiger partial charge is 0.290 e. The maximum absolute atomic E-state index is 12.0. The van der Waals surface area contributed by atoms with Crippen molar-refractivity contribution in [3.63, 3.8) is 0 Å². The second-order valence-corrected chi connectivity index (χ2v) is 1.70. The Morgan fingerprint density at radius 1 is 1.00 bits per heavy atom. The summed E-state index contributed by atoms with van der Waals surface area (Å²) in [5, 5.41) is 10.2. The third kappa shape index (κ3) is 1.05. The number of rotatable bonds is 0. The summed E-state index contributed by atoms with van der Waals surface area (Å²) in [7, 11) is 0. The summed E-state index contributed by atoms with van der Waals surface area (Å²) >= 11 is 0. The fourth-order valence-corrected chi connectivity index (χ4v) is 0.532. The predicted molar refractivity (Wildman–Crippen MR) is 26.4 cm³/mol. The molecule has 0 aliphatic heterocycles. The van der Waals surface area contributed by atoms with Gasteiger partial charge in [0, 0.05) is 12.1 Å². The quantitative estimate of drug-likeness (QED) is 0.501. The van der Waals surface area contributed by atoms with E-state index in [0.717, 1.165) is 0 Å². The molecular formula is C6H2F3O. The zero-order valence-electron chi connectivity index (χ0n) is 4.70. The lowest BCUT2D eigenvalue weighted by atomic mass is 10.3. The lowest BCUT2D eigenvalue weighted by Crippen LogP contribution is -1.87. The fourth-order valence-electron chi connectivity index (χ4n) is 0.532. The van der Waals surface area contributed by atoms with Gasteiger partial charge in [0.1, 0.15) is 0 Å². The minimum atomic E-state index is -1.61. The minimum Gasteiger partial charge on any atom is -0.290 e. The van der Waals surface area contributed by atoms with Gasteiger partial charge in [-0.15, -0.1) is 0 Å². The van der Waals surface area contributed by atoms with Gasteiger partial charge in [0.15, 0.2) is 23.2 Å². The molecule has 53 valence electrons. The van der Waals surface area contributed by atoms with Crippen molar-refractivity contribution in [2.75, 3.05) is 0 Å². The molecule has 0 spiro atoms. The highest BCUT2D eigenvalue weighted by atomic mass is 19.2. The Kier molecular flexibility index (Phi) is 1.53. The van der Waals surface area contributed by atoms with Crippen molar-refractivity contribution in [1.29, 1.82) is 0 Å². The van der Waals surface area contributed by atoms with E-state index >= 15 is 0 Å². The Morgan fingerprint density at radius 3 is 1.80 bits per heavy atom. The molecule has 0 aromatic heterocycles. The van der Waals surface area contributed by atoms with E-state index in [2.05, 4.69) is 0 Å². The zero-order valence-corrected chi connectivity index (χ0v) is 4.70. The number of hydrogen-bond acceptors (Lipinski definition) is 0. The molecule has 1 radical (unpaired) electrons. The van der Waals surface area contributed by atoms with Gasteiger partial charge in [-0.3, -0.25) is 5.11 Å². The first-order valence-electron chi connectivity index (χ1n) is 2.43. The molecule has 1 aromatic carbocycles. The smallest absolute Gasteiger partial charge is 0.194 e. The maximum Gasteiger partial charge on any atom is 0.194 e. The lowest BCUT2D eigenvalue weighted by molar-refractivity contribution is 0.342. The molecule has 0 fully saturated rings. The van der Waals surface area contributed by atoms with Gasteiger partial charge >= 0.3 is 0 Å². The molecule has 0 atom stereocenters. The molecule has 0 N–H and O–H groups in total. The summed E-state index contributed by atoms with van der Waals surface area (Å²) in [4.78, 5) is 0. The highest BCUT2D eigenvalue weighted by Gasteiger charge is 2.09. The van der Waals surface area contributed by atoms with Crippen molar-refractivity contribution in [2.24, 2.45) is 0 Å². The average Bonchev–Trinajstić information content (AvgIpc) is 1.82. The van der Waals surface area contributed by atoms with Crippen LogP contribution >= 0.6 is 0 Å². The van der Waals surface area contributed by atoms with Crippen molar-refractivity contribution in [3.8, 4) is 5.75 Å². The van der Waals surface area contributed by atoms with Crippen LogP contribution in [0.3, 0.4) is 0 Å². The molecule has 1 nitrogen and oxygen atoms in total. The van der Waals surface area contributed by atoms with Gasteiger partial charge in [-0.2, -0.15) is 0 Å². The first kappa shape index (κ1) is 6.92. The molecule has 0 aliphatic rings.